The van der Waals surface area contributed by atoms with Crippen LogP contribution >= 0.6 is 0 Å². The molecule has 0 unspecified atom stereocenters. The fraction of sp³-hybridized carbons (Fsp3) is 0.474. The monoisotopic (exact) mass is 396 g/mol. The summed E-state index contributed by atoms with van der Waals surface area (Å²) < 4.78 is 42.8. The van der Waals surface area contributed by atoms with E-state index >= 15 is 0 Å². The minimum absolute atomic E-state index is 0.156. The van der Waals surface area contributed by atoms with Crippen molar-refractivity contribution in [2.24, 2.45) is 4.99 Å². The number of likely N-dealkylation sites (tertiary alicyclic amines) is 1. The molecule has 152 valence electrons. The van der Waals surface area contributed by atoms with Crippen LogP contribution in [-0.4, -0.2) is 56.8 Å². The third-order valence-corrected chi connectivity index (χ3v) is 4.26. The standard InChI is InChI=1S/C19H23F3N4O2/c1-23-17(25-16-8-11-26(12-9-16)18(27)28-2)24-10-4-6-14-5-3-7-15(13-14)19(20,21)22/h3,5,7,13,16H,8-12H2,1-2H3,(H2,23,24,25). The maximum Gasteiger partial charge on any atom is 0.416 e. The van der Waals surface area contributed by atoms with Gasteiger partial charge in [0.05, 0.1) is 19.2 Å². The molecule has 9 heteroatoms. The first kappa shape index (κ1) is 21.4. The van der Waals surface area contributed by atoms with Crippen molar-refractivity contribution in [2.45, 2.75) is 25.1 Å². The molecule has 1 saturated heterocycles. The highest BCUT2D eigenvalue weighted by atomic mass is 19.4. The maximum atomic E-state index is 12.7. The van der Waals surface area contributed by atoms with Crippen LogP contribution in [0.1, 0.15) is 24.0 Å². The number of hydrogen-bond acceptors (Lipinski definition) is 3. The summed E-state index contributed by atoms with van der Waals surface area (Å²) in [5.74, 6) is 6.06. The summed E-state index contributed by atoms with van der Waals surface area (Å²) in [5, 5.41) is 6.27. The van der Waals surface area contributed by atoms with Crippen LogP contribution in [0.4, 0.5) is 18.0 Å². The molecule has 1 fully saturated rings. The zero-order chi connectivity index (χ0) is 20.6. The Morgan fingerprint density at radius 1 is 1.36 bits per heavy atom. The van der Waals surface area contributed by atoms with Crippen LogP contribution in [0.5, 0.6) is 0 Å². The van der Waals surface area contributed by atoms with E-state index in [0.29, 0.717) is 24.6 Å². The molecule has 1 aromatic rings. The number of rotatable bonds is 2. The molecule has 6 nitrogen and oxygen atoms in total. The van der Waals surface area contributed by atoms with Crippen molar-refractivity contribution < 1.29 is 22.7 Å². The second-order valence-electron chi connectivity index (χ2n) is 6.18. The van der Waals surface area contributed by atoms with Crippen LogP contribution in [0.15, 0.2) is 29.3 Å². The normalized spacial score (nSPS) is 15.5. The van der Waals surface area contributed by atoms with Crippen LogP contribution in [-0.2, 0) is 10.9 Å². The van der Waals surface area contributed by atoms with E-state index in [0.717, 1.165) is 25.0 Å². The number of guanidine groups is 1. The lowest BCUT2D eigenvalue weighted by atomic mass is 10.1. The molecule has 0 saturated carbocycles. The molecule has 0 atom stereocenters. The Morgan fingerprint density at radius 2 is 2.07 bits per heavy atom. The maximum absolute atomic E-state index is 12.7. The number of amides is 1. The molecule has 1 aliphatic heterocycles. The first-order valence-electron chi connectivity index (χ1n) is 8.79. The average molecular weight is 396 g/mol. The summed E-state index contributed by atoms with van der Waals surface area (Å²) >= 11 is 0. The molecule has 1 aliphatic rings. The molecule has 2 N–H and O–H groups in total. The highest BCUT2D eigenvalue weighted by molar-refractivity contribution is 5.80. The fourth-order valence-corrected chi connectivity index (χ4v) is 2.77. The van der Waals surface area contributed by atoms with Crippen molar-refractivity contribution >= 4 is 12.1 Å². The van der Waals surface area contributed by atoms with Crippen molar-refractivity contribution in [3.05, 3.63) is 35.4 Å². The number of nitrogens with one attached hydrogen (secondary N) is 2. The number of ether oxygens (including phenoxy) is 1. The third-order valence-electron chi connectivity index (χ3n) is 4.26. The number of hydrogen-bond donors (Lipinski definition) is 2. The Morgan fingerprint density at radius 3 is 2.68 bits per heavy atom. The van der Waals surface area contributed by atoms with E-state index in [4.69, 9.17) is 4.74 Å². The van der Waals surface area contributed by atoms with Gasteiger partial charge in [0.15, 0.2) is 5.96 Å². The Balaban J connectivity index is 1.81. The quantitative estimate of drug-likeness (QED) is 0.458. The number of aliphatic imine (C=N–C) groups is 1. The molecule has 0 radical (unpaired) electrons. The van der Waals surface area contributed by atoms with Crippen LogP contribution in [0, 0.1) is 11.8 Å². The molecule has 1 amide bonds. The smallest absolute Gasteiger partial charge is 0.416 e. The number of alkyl halides is 3. The van der Waals surface area contributed by atoms with E-state index in [1.165, 1.54) is 19.2 Å². The number of methoxy groups -OCH3 is 1. The lowest BCUT2D eigenvalue weighted by Gasteiger charge is -2.32. The van der Waals surface area contributed by atoms with Gasteiger partial charge in [0.2, 0.25) is 0 Å². The van der Waals surface area contributed by atoms with E-state index in [1.54, 1.807) is 11.9 Å². The van der Waals surface area contributed by atoms with Crippen LogP contribution < -0.4 is 10.6 Å². The molecule has 2 rings (SSSR count). The van der Waals surface area contributed by atoms with Gasteiger partial charge < -0.3 is 20.3 Å². The van der Waals surface area contributed by atoms with Gasteiger partial charge in [0.1, 0.15) is 0 Å². The van der Waals surface area contributed by atoms with E-state index in [1.807, 2.05) is 0 Å². The van der Waals surface area contributed by atoms with Crippen molar-refractivity contribution in [1.82, 2.24) is 15.5 Å². The molecular formula is C19H23F3N4O2. The SMILES string of the molecule is CN=C(NCC#Cc1cccc(C(F)(F)F)c1)NC1CCN(C(=O)OC)CC1. The summed E-state index contributed by atoms with van der Waals surface area (Å²) in [4.78, 5) is 17.3. The van der Waals surface area contributed by atoms with E-state index in [-0.39, 0.29) is 18.7 Å². The second-order valence-corrected chi connectivity index (χ2v) is 6.18. The molecule has 0 bridgehead atoms. The highest BCUT2D eigenvalue weighted by Crippen LogP contribution is 2.29. The molecule has 28 heavy (non-hydrogen) atoms. The molecule has 0 spiro atoms. The van der Waals surface area contributed by atoms with E-state index in [2.05, 4.69) is 27.5 Å². The van der Waals surface area contributed by atoms with Crippen LogP contribution in [0.2, 0.25) is 0 Å². The number of benzene rings is 1. The number of halogens is 3. The first-order valence-corrected chi connectivity index (χ1v) is 8.79. The van der Waals surface area contributed by atoms with Gasteiger partial charge in [-0.3, -0.25) is 4.99 Å². The minimum Gasteiger partial charge on any atom is -0.453 e. The summed E-state index contributed by atoms with van der Waals surface area (Å²) in [6, 6.07) is 5.06. The third kappa shape index (κ3) is 6.37. The minimum atomic E-state index is -4.38. The topological polar surface area (TPSA) is 66.0 Å². The molecular weight excluding hydrogens is 373 g/mol. The summed E-state index contributed by atoms with van der Waals surface area (Å²) in [6.07, 6.45) is -3.20. The van der Waals surface area contributed by atoms with Crippen LogP contribution in [0.25, 0.3) is 0 Å². The number of carbonyl (C=O) groups is 1. The van der Waals surface area contributed by atoms with Crippen molar-refractivity contribution in [3.63, 3.8) is 0 Å². The fourth-order valence-electron chi connectivity index (χ4n) is 2.77. The van der Waals surface area contributed by atoms with Gasteiger partial charge in [-0.2, -0.15) is 13.2 Å². The van der Waals surface area contributed by atoms with Crippen LogP contribution in [0.3, 0.4) is 0 Å². The first-order chi connectivity index (χ1) is 13.3. The molecule has 0 aliphatic carbocycles. The predicted octanol–water partition coefficient (Wildman–Crippen LogP) is 2.45. The number of piperidine rings is 1. The Bertz CT molecular complexity index is 760. The van der Waals surface area contributed by atoms with Crippen molar-refractivity contribution in [2.75, 3.05) is 33.8 Å². The zero-order valence-electron chi connectivity index (χ0n) is 15.8. The second kappa shape index (κ2) is 9.88. The Hall–Kier alpha value is -2.89. The van der Waals surface area contributed by atoms with E-state index in [9.17, 15) is 18.0 Å². The van der Waals surface area contributed by atoms with Gasteiger partial charge in [-0.15, -0.1) is 0 Å². The molecule has 0 aromatic heterocycles. The Kier molecular flexibility index (Phi) is 7.55. The largest absolute Gasteiger partial charge is 0.453 e. The van der Waals surface area contributed by atoms with E-state index < -0.39 is 11.7 Å². The number of nitrogens with zero attached hydrogens (tertiary/aromatic N) is 2. The summed E-state index contributed by atoms with van der Waals surface area (Å²) in [5.41, 5.74) is -0.419. The molecule has 1 aromatic carbocycles. The van der Waals surface area contributed by atoms with Crippen molar-refractivity contribution in [3.8, 4) is 11.8 Å². The predicted molar refractivity (Wildman–Crippen MR) is 99.8 cm³/mol. The average Bonchev–Trinajstić information content (AvgIpc) is 2.69. The lowest BCUT2D eigenvalue weighted by Crippen LogP contribution is -2.49. The summed E-state index contributed by atoms with van der Waals surface area (Å²) in [7, 11) is 2.98. The van der Waals surface area contributed by atoms with Gasteiger partial charge in [-0.1, -0.05) is 17.9 Å². The van der Waals surface area contributed by atoms with Gasteiger partial charge >= 0.3 is 12.3 Å². The van der Waals surface area contributed by atoms with Gasteiger partial charge in [0.25, 0.3) is 0 Å². The zero-order valence-corrected chi connectivity index (χ0v) is 15.8. The van der Waals surface area contributed by atoms with Crippen molar-refractivity contribution in [1.29, 1.82) is 0 Å². The van der Waals surface area contributed by atoms with Gasteiger partial charge in [-0.05, 0) is 31.0 Å². The lowest BCUT2D eigenvalue weighted by molar-refractivity contribution is -0.137. The highest BCUT2D eigenvalue weighted by Gasteiger charge is 2.30. The Labute approximate surface area is 162 Å². The van der Waals surface area contributed by atoms with Gasteiger partial charge in [-0.25, -0.2) is 4.79 Å². The summed E-state index contributed by atoms with van der Waals surface area (Å²) in [6.45, 7) is 1.42. The molecule has 1 heterocycles. The van der Waals surface area contributed by atoms with Gasteiger partial charge in [0, 0.05) is 31.7 Å². The number of carbonyl (C=O) groups excluding carboxylic acids is 1.